The Morgan fingerprint density at radius 3 is 2.37 bits per heavy atom. The van der Waals surface area contributed by atoms with Gasteiger partial charge in [-0.3, -0.25) is 4.79 Å². The molecular weight excluding hydrogens is 436 g/mol. The van der Waals surface area contributed by atoms with Crippen molar-refractivity contribution in [1.29, 1.82) is 0 Å². The zero-order chi connectivity index (χ0) is 26.1. The highest BCUT2D eigenvalue weighted by atomic mass is 16.4. The van der Waals surface area contributed by atoms with Gasteiger partial charge in [0.1, 0.15) is 0 Å². The molecule has 0 spiro atoms. The van der Waals surface area contributed by atoms with Crippen molar-refractivity contribution in [2.45, 2.75) is 106 Å². The smallest absolute Gasteiger partial charge is 0.306 e. The number of carboxylic acids is 1. The average Bonchev–Trinajstić information content (AvgIpc) is 2.97. The summed E-state index contributed by atoms with van der Waals surface area (Å²) in [6, 6.07) is 0. The van der Waals surface area contributed by atoms with Crippen molar-refractivity contribution in [2.75, 3.05) is 0 Å². The van der Waals surface area contributed by atoms with Gasteiger partial charge in [0, 0.05) is 11.3 Å². The van der Waals surface area contributed by atoms with Gasteiger partial charge < -0.3 is 15.3 Å². The third-order valence-corrected chi connectivity index (χ3v) is 11.6. The highest BCUT2D eigenvalue weighted by Gasteiger charge is 2.66. The predicted molar refractivity (Wildman–Crippen MR) is 141 cm³/mol. The van der Waals surface area contributed by atoms with Gasteiger partial charge in [-0.15, -0.1) is 0 Å². The number of aliphatic carboxylic acids is 1. The first-order valence-corrected chi connectivity index (χ1v) is 13.8. The summed E-state index contributed by atoms with van der Waals surface area (Å²) >= 11 is 0. The summed E-state index contributed by atoms with van der Waals surface area (Å²) in [6.45, 7) is 19.7. The predicted octanol–water partition coefficient (Wildman–Crippen LogP) is 6.54. The molecule has 4 nitrogen and oxygen atoms in total. The Balaban J connectivity index is 1.72. The van der Waals surface area contributed by atoms with Crippen molar-refractivity contribution in [3.8, 4) is 0 Å². The molecule has 0 heterocycles. The fraction of sp³-hybridized carbons (Fsp3) is 0.774. The molecule has 4 aliphatic rings. The standard InChI is InChI=1S/C31H48O4/c1-18(2)19(3)9-10-20(27(34)35)26-23(32)17-31(8)22-11-12-24-28(4,5)25(33)14-15-29(24,6)21(22)13-16-30(26,31)7/h11,13,18,20,23-26,32-33H,3,9-10,12,14-17H2,1-2,4-8H3,(H,34,35)/t20-,23-,24+,25-,26-,29+,30-,31-/m0/s1. The van der Waals surface area contributed by atoms with Gasteiger partial charge in [0.05, 0.1) is 18.1 Å². The van der Waals surface area contributed by atoms with Crippen molar-refractivity contribution >= 4 is 5.97 Å². The maximum absolute atomic E-state index is 12.6. The van der Waals surface area contributed by atoms with E-state index in [2.05, 4.69) is 67.2 Å². The van der Waals surface area contributed by atoms with E-state index in [9.17, 15) is 20.1 Å². The van der Waals surface area contributed by atoms with Crippen LogP contribution in [0.1, 0.15) is 93.4 Å². The zero-order valence-electron chi connectivity index (χ0n) is 23.0. The van der Waals surface area contributed by atoms with Crippen LogP contribution in [-0.4, -0.2) is 33.5 Å². The van der Waals surface area contributed by atoms with Crippen LogP contribution in [0, 0.1) is 45.3 Å². The summed E-state index contributed by atoms with van der Waals surface area (Å²) in [5.41, 5.74) is 3.09. The lowest BCUT2D eigenvalue weighted by molar-refractivity contribution is -0.148. The SMILES string of the molecule is C=C(CC[C@H](C(=O)O)[C@H]1[C@@H](O)C[C@@]2(C)C3=CC[C@@H]4C(C)(C)[C@@H](O)CC[C@]4(C)C3=CC[C@@]12C)C(C)C. The molecule has 0 unspecified atom stereocenters. The number of aliphatic hydroxyl groups excluding tert-OH is 2. The fourth-order valence-electron chi connectivity index (χ4n) is 8.90. The molecule has 4 aliphatic carbocycles. The molecular formula is C31H48O4. The van der Waals surface area contributed by atoms with E-state index in [0.717, 1.165) is 31.3 Å². The van der Waals surface area contributed by atoms with Gasteiger partial charge in [-0.1, -0.05) is 72.8 Å². The van der Waals surface area contributed by atoms with Crippen LogP contribution in [0.5, 0.6) is 0 Å². The van der Waals surface area contributed by atoms with Crippen LogP contribution in [0.25, 0.3) is 0 Å². The van der Waals surface area contributed by atoms with Gasteiger partial charge in [0.2, 0.25) is 0 Å². The van der Waals surface area contributed by atoms with Crippen LogP contribution in [0.2, 0.25) is 0 Å². The molecule has 35 heavy (non-hydrogen) atoms. The van der Waals surface area contributed by atoms with Crippen LogP contribution < -0.4 is 0 Å². The second-order valence-electron chi connectivity index (χ2n) is 13.9. The number of carbonyl (C=O) groups is 1. The summed E-state index contributed by atoms with van der Waals surface area (Å²) in [7, 11) is 0. The molecule has 0 aliphatic heterocycles. The minimum absolute atomic E-state index is 0.00139. The van der Waals surface area contributed by atoms with Crippen LogP contribution in [0.3, 0.4) is 0 Å². The number of hydrogen-bond donors (Lipinski definition) is 3. The first-order valence-electron chi connectivity index (χ1n) is 13.8. The first kappa shape index (κ1) is 26.7. The maximum atomic E-state index is 12.6. The quantitative estimate of drug-likeness (QED) is 0.374. The lowest BCUT2D eigenvalue weighted by atomic mass is 9.44. The molecule has 0 amide bonds. The lowest BCUT2D eigenvalue weighted by Crippen LogP contribution is -2.54. The minimum Gasteiger partial charge on any atom is -0.481 e. The molecule has 3 N–H and O–H groups in total. The van der Waals surface area contributed by atoms with Crippen LogP contribution >= 0.6 is 0 Å². The third kappa shape index (κ3) is 3.72. The highest BCUT2D eigenvalue weighted by Crippen LogP contribution is 2.71. The molecule has 0 radical (unpaired) electrons. The second-order valence-corrected chi connectivity index (χ2v) is 13.9. The Bertz CT molecular complexity index is 957. The van der Waals surface area contributed by atoms with E-state index in [4.69, 9.17) is 0 Å². The minimum atomic E-state index is -0.793. The van der Waals surface area contributed by atoms with Gasteiger partial charge in [0.15, 0.2) is 0 Å². The maximum Gasteiger partial charge on any atom is 0.306 e. The van der Waals surface area contributed by atoms with E-state index in [1.54, 1.807) is 0 Å². The summed E-state index contributed by atoms with van der Waals surface area (Å²) < 4.78 is 0. The molecule has 0 aromatic rings. The molecule has 0 saturated heterocycles. The zero-order valence-corrected chi connectivity index (χ0v) is 23.0. The van der Waals surface area contributed by atoms with Crippen LogP contribution in [0.4, 0.5) is 0 Å². The Morgan fingerprint density at radius 2 is 1.77 bits per heavy atom. The van der Waals surface area contributed by atoms with E-state index in [1.807, 2.05) is 0 Å². The highest BCUT2D eigenvalue weighted by molar-refractivity contribution is 5.71. The number of carboxylic acid groups (broad SMARTS) is 1. The van der Waals surface area contributed by atoms with Crippen molar-refractivity contribution in [2.24, 2.45) is 45.3 Å². The number of allylic oxidation sites excluding steroid dienone is 5. The molecule has 4 rings (SSSR count). The van der Waals surface area contributed by atoms with Crippen molar-refractivity contribution < 1.29 is 20.1 Å². The monoisotopic (exact) mass is 484 g/mol. The van der Waals surface area contributed by atoms with E-state index in [0.29, 0.717) is 31.1 Å². The Morgan fingerprint density at radius 1 is 1.11 bits per heavy atom. The largest absolute Gasteiger partial charge is 0.481 e. The third-order valence-electron chi connectivity index (χ3n) is 11.6. The van der Waals surface area contributed by atoms with Gasteiger partial charge in [-0.2, -0.15) is 0 Å². The van der Waals surface area contributed by atoms with Crippen LogP contribution in [0.15, 0.2) is 35.5 Å². The molecule has 2 saturated carbocycles. The summed E-state index contributed by atoms with van der Waals surface area (Å²) in [5, 5.41) is 32.6. The molecule has 2 fully saturated rings. The summed E-state index contributed by atoms with van der Waals surface area (Å²) in [4.78, 5) is 12.6. The van der Waals surface area contributed by atoms with E-state index < -0.39 is 18.0 Å². The van der Waals surface area contributed by atoms with Gasteiger partial charge in [-0.25, -0.2) is 0 Å². The second kappa shape index (κ2) is 8.58. The normalized spacial score (nSPS) is 42.9. The number of fused-ring (bicyclic) bond motifs is 5. The van der Waals surface area contributed by atoms with E-state index in [-0.39, 0.29) is 33.7 Å². The molecule has 196 valence electrons. The number of hydrogen-bond acceptors (Lipinski definition) is 3. The molecule has 8 atom stereocenters. The van der Waals surface area contributed by atoms with Crippen molar-refractivity contribution in [1.82, 2.24) is 0 Å². The number of rotatable bonds is 6. The van der Waals surface area contributed by atoms with Crippen molar-refractivity contribution in [3.05, 3.63) is 35.5 Å². The average molecular weight is 485 g/mol. The van der Waals surface area contributed by atoms with E-state index >= 15 is 0 Å². The molecule has 0 bridgehead atoms. The Kier molecular flexibility index (Phi) is 6.54. The Hall–Kier alpha value is -1.39. The first-order chi connectivity index (χ1) is 16.1. The molecule has 0 aromatic carbocycles. The van der Waals surface area contributed by atoms with Gasteiger partial charge in [0.25, 0.3) is 0 Å². The Labute approximate surface area is 212 Å². The summed E-state index contributed by atoms with van der Waals surface area (Å²) in [6.07, 6.45) is 9.19. The van der Waals surface area contributed by atoms with Crippen LogP contribution in [-0.2, 0) is 4.79 Å². The molecule has 0 aromatic heterocycles. The fourth-order valence-corrected chi connectivity index (χ4v) is 8.90. The van der Waals surface area contributed by atoms with Gasteiger partial charge >= 0.3 is 5.97 Å². The summed E-state index contributed by atoms with van der Waals surface area (Å²) in [5.74, 6) is -0.966. The molecule has 4 heteroatoms. The van der Waals surface area contributed by atoms with E-state index in [1.165, 1.54) is 11.1 Å². The van der Waals surface area contributed by atoms with Gasteiger partial charge in [-0.05, 0) is 84.2 Å². The topological polar surface area (TPSA) is 77.8 Å². The lowest BCUT2D eigenvalue weighted by Gasteiger charge is -2.61. The number of aliphatic hydroxyl groups is 2. The van der Waals surface area contributed by atoms with Crippen molar-refractivity contribution in [3.63, 3.8) is 0 Å².